The zero-order valence-corrected chi connectivity index (χ0v) is 11.3. The standard InChI is InChI=1S/C15H19NO3/c1-11(17)12-3-4-13(14(9-12)18-2)19-10-15(5-6-15)7-8-16/h3-4,9,11,17H,5-7,10H2,1-2H3/t11-/m0/s1. The summed E-state index contributed by atoms with van der Waals surface area (Å²) >= 11 is 0. The number of aliphatic hydroxyl groups excluding tert-OH is 1. The molecule has 1 aliphatic rings. The average molecular weight is 261 g/mol. The van der Waals surface area contributed by atoms with E-state index in [-0.39, 0.29) is 5.41 Å². The summed E-state index contributed by atoms with van der Waals surface area (Å²) in [5, 5.41) is 18.3. The van der Waals surface area contributed by atoms with Crippen LogP contribution in [0.2, 0.25) is 0 Å². The van der Waals surface area contributed by atoms with Crippen LogP contribution >= 0.6 is 0 Å². The Bertz CT molecular complexity index is 487. The van der Waals surface area contributed by atoms with Gasteiger partial charge in [-0.1, -0.05) is 6.07 Å². The van der Waals surface area contributed by atoms with Crippen molar-refractivity contribution in [3.8, 4) is 17.6 Å². The van der Waals surface area contributed by atoms with Crippen molar-refractivity contribution in [2.45, 2.75) is 32.3 Å². The van der Waals surface area contributed by atoms with Crippen LogP contribution < -0.4 is 9.47 Å². The second kappa shape index (κ2) is 5.50. The molecule has 1 aliphatic carbocycles. The first-order valence-corrected chi connectivity index (χ1v) is 6.46. The van der Waals surface area contributed by atoms with Gasteiger partial charge in [-0.15, -0.1) is 0 Å². The van der Waals surface area contributed by atoms with Gasteiger partial charge >= 0.3 is 0 Å². The minimum Gasteiger partial charge on any atom is -0.493 e. The molecule has 1 atom stereocenters. The molecule has 0 aromatic heterocycles. The van der Waals surface area contributed by atoms with E-state index >= 15 is 0 Å². The number of nitrogens with zero attached hydrogens (tertiary/aromatic N) is 1. The summed E-state index contributed by atoms with van der Waals surface area (Å²) in [6.07, 6.45) is 2.11. The zero-order chi connectivity index (χ0) is 13.9. The average Bonchev–Trinajstić information content (AvgIpc) is 3.16. The maximum Gasteiger partial charge on any atom is 0.161 e. The van der Waals surface area contributed by atoms with E-state index in [0.717, 1.165) is 18.4 Å². The number of hydrogen-bond donors (Lipinski definition) is 1. The molecular weight excluding hydrogens is 242 g/mol. The van der Waals surface area contributed by atoms with Crippen LogP contribution in [0.3, 0.4) is 0 Å². The third kappa shape index (κ3) is 3.18. The molecule has 0 bridgehead atoms. The fourth-order valence-corrected chi connectivity index (χ4v) is 2.01. The van der Waals surface area contributed by atoms with Crippen molar-refractivity contribution in [1.82, 2.24) is 0 Å². The molecule has 19 heavy (non-hydrogen) atoms. The van der Waals surface area contributed by atoms with Crippen molar-refractivity contribution >= 4 is 0 Å². The Balaban J connectivity index is 2.06. The van der Waals surface area contributed by atoms with Gasteiger partial charge in [-0.05, 0) is 37.5 Å². The molecule has 2 rings (SSSR count). The van der Waals surface area contributed by atoms with Crippen molar-refractivity contribution in [2.75, 3.05) is 13.7 Å². The Morgan fingerprint density at radius 3 is 2.68 bits per heavy atom. The number of rotatable bonds is 6. The Labute approximate surface area is 113 Å². The summed E-state index contributed by atoms with van der Waals surface area (Å²) in [7, 11) is 1.58. The first-order valence-electron chi connectivity index (χ1n) is 6.46. The quantitative estimate of drug-likeness (QED) is 0.855. The van der Waals surface area contributed by atoms with Gasteiger partial charge < -0.3 is 14.6 Å². The normalized spacial score (nSPS) is 17.4. The van der Waals surface area contributed by atoms with Gasteiger partial charge in [0.05, 0.1) is 25.9 Å². The molecule has 4 nitrogen and oxygen atoms in total. The van der Waals surface area contributed by atoms with Crippen LogP contribution in [0.5, 0.6) is 11.5 Å². The van der Waals surface area contributed by atoms with Crippen molar-refractivity contribution in [2.24, 2.45) is 5.41 Å². The first-order chi connectivity index (χ1) is 9.10. The van der Waals surface area contributed by atoms with Gasteiger partial charge in [-0.3, -0.25) is 0 Å². The van der Waals surface area contributed by atoms with E-state index in [9.17, 15) is 5.11 Å². The third-order valence-corrected chi connectivity index (χ3v) is 3.62. The monoisotopic (exact) mass is 261 g/mol. The van der Waals surface area contributed by atoms with Gasteiger partial charge in [-0.2, -0.15) is 5.26 Å². The summed E-state index contributed by atoms with van der Waals surface area (Å²) in [6, 6.07) is 7.63. The molecular formula is C15H19NO3. The smallest absolute Gasteiger partial charge is 0.161 e. The van der Waals surface area contributed by atoms with Crippen LogP contribution in [0.4, 0.5) is 0 Å². The Morgan fingerprint density at radius 2 is 2.16 bits per heavy atom. The molecule has 1 N–H and O–H groups in total. The SMILES string of the molecule is COc1cc([C@H](C)O)ccc1OCC1(CC#N)CC1. The summed E-state index contributed by atoms with van der Waals surface area (Å²) in [4.78, 5) is 0. The summed E-state index contributed by atoms with van der Waals surface area (Å²) < 4.78 is 11.1. The first kappa shape index (κ1) is 13.7. The molecule has 0 unspecified atom stereocenters. The second-order valence-electron chi connectivity index (χ2n) is 5.21. The molecule has 4 heteroatoms. The molecule has 0 heterocycles. The van der Waals surface area contributed by atoms with E-state index in [0.29, 0.717) is 24.5 Å². The van der Waals surface area contributed by atoms with E-state index in [2.05, 4.69) is 6.07 Å². The molecule has 0 amide bonds. The van der Waals surface area contributed by atoms with Crippen molar-refractivity contribution in [3.05, 3.63) is 23.8 Å². The fourth-order valence-electron chi connectivity index (χ4n) is 2.01. The maximum atomic E-state index is 9.54. The van der Waals surface area contributed by atoms with Crippen molar-refractivity contribution in [1.29, 1.82) is 5.26 Å². The Morgan fingerprint density at radius 1 is 1.42 bits per heavy atom. The topological polar surface area (TPSA) is 62.5 Å². The highest BCUT2D eigenvalue weighted by Crippen LogP contribution is 2.49. The number of aliphatic hydroxyl groups is 1. The van der Waals surface area contributed by atoms with Crippen LogP contribution in [-0.4, -0.2) is 18.8 Å². The number of hydrogen-bond acceptors (Lipinski definition) is 4. The van der Waals surface area contributed by atoms with Crippen molar-refractivity contribution in [3.63, 3.8) is 0 Å². The summed E-state index contributed by atoms with van der Waals surface area (Å²) in [5.74, 6) is 1.28. The number of nitriles is 1. The van der Waals surface area contributed by atoms with Gasteiger partial charge in [-0.25, -0.2) is 0 Å². The number of benzene rings is 1. The lowest BCUT2D eigenvalue weighted by Gasteiger charge is -2.16. The minimum absolute atomic E-state index is 0.0443. The molecule has 0 spiro atoms. The van der Waals surface area contributed by atoms with E-state index in [1.54, 1.807) is 20.1 Å². The summed E-state index contributed by atoms with van der Waals surface area (Å²) in [5.41, 5.74) is 0.838. The van der Waals surface area contributed by atoms with E-state index in [4.69, 9.17) is 14.7 Å². The largest absolute Gasteiger partial charge is 0.493 e. The lowest BCUT2D eigenvalue weighted by molar-refractivity contribution is 0.197. The molecule has 1 fully saturated rings. The highest BCUT2D eigenvalue weighted by atomic mass is 16.5. The Hall–Kier alpha value is -1.73. The highest BCUT2D eigenvalue weighted by Gasteiger charge is 2.43. The number of methoxy groups -OCH3 is 1. The van der Waals surface area contributed by atoms with Crippen molar-refractivity contribution < 1.29 is 14.6 Å². The Kier molecular flexibility index (Phi) is 3.96. The lowest BCUT2D eigenvalue weighted by Crippen LogP contribution is -2.13. The molecule has 102 valence electrons. The van der Waals surface area contributed by atoms with E-state index in [1.807, 2.05) is 12.1 Å². The van der Waals surface area contributed by atoms with Crippen LogP contribution in [0.1, 0.15) is 37.9 Å². The maximum absolute atomic E-state index is 9.54. The van der Waals surface area contributed by atoms with Gasteiger partial charge in [0.1, 0.15) is 0 Å². The zero-order valence-electron chi connectivity index (χ0n) is 11.3. The van der Waals surface area contributed by atoms with Crippen LogP contribution in [0, 0.1) is 16.7 Å². The minimum atomic E-state index is -0.531. The molecule has 1 aromatic rings. The second-order valence-corrected chi connectivity index (χ2v) is 5.21. The highest BCUT2D eigenvalue weighted by molar-refractivity contribution is 5.43. The van der Waals surface area contributed by atoms with Gasteiger partial charge in [0, 0.05) is 11.8 Å². The van der Waals surface area contributed by atoms with Gasteiger partial charge in [0.25, 0.3) is 0 Å². The van der Waals surface area contributed by atoms with E-state index < -0.39 is 6.10 Å². The molecule has 1 aromatic carbocycles. The third-order valence-electron chi connectivity index (χ3n) is 3.62. The fraction of sp³-hybridized carbons (Fsp3) is 0.533. The molecule has 1 saturated carbocycles. The predicted octanol–water partition coefficient (Wildman–Crippen LogP) is 2.82. The molecule has 0 aliphatic heterocycles. The lowest BCUT2D eigenvalue weighted by atomic mass is 10.1. The van der Waals surface area contributed by atoms with Crippen LogP contribution in [0.25, 0.3) is 0 Å². The molecule has 0 radical (unpaired) electrons. The van der Waals surface area contributed by atoms with E-state index in [1.165, 1.54) is 0 Å². The predicted molar refractivity (Wildman–Crippen MR) is 71.0 cm³/mol. The van der Waals surface area contributed by atoms with Gasteiger partial charge in [0.15, 0.2) is 11.5 Å². The van der Waals surface area contributed by atoms with Crippen LogP contribution in [0.15, 0.2) is 18.2 Å². The number of ether oxygens (including phenoxy) is 2. The summed E-state index contributed by atoms with van der Waals surface area (Å²) in [6.45, 7) is 2.26. The van der Waals surface area contributed by atoms with Gasteiger partial charge in [0.2, 0.25) is 0 Å². The molecule has 0 saturated heterocycles. The van der Waals surface area contributed by atoms with Crippen LogP contribution in [-0.2, 0) is 0 Å².